The summed E-state index contributed by atoms with van der Waals surface area (Å²) in [4.78, 5) is 0. The fourth-order valence-corrected chi connectivity index (χ4v) is 4.71. The molecule has 0 bridgehead atoms. The van der Waals surface area contributed by atoms with Gasteiger partial charge in [-0.05, 0) is 0 Å². The van der Waals surface area contributed by atoms with Crippen LogP contribution in [0.1, 0.15) is 0 Å². The minimum atomic E-state index is -12.5. The molecule has 0 saturated carbocycles. The van der Waals surface area contributed by atoms with Crippen LogP contribution < -0.4 is 0 Å². The Balaban J connectivity index is 11.2. The molecule has 0 fully saturated rings. The highest BCUT2D eigenvalue weighted by molar-refractivity contribution is 5.17. The van der Waals surface area contributed by atoms with Crippen molar-refractivity contribution in [2.45, 2.75) is 121 Å². The summed E-state index contributed by atoms with van der Waals surface area (Å²) in [5, 5.41) is 0. The van der Waals surface area contributed by atoms with Gasteiger partial charge in [0.25, 0.3) is 0 Å². The molecule has 0 aliphatic rings. The zero-order valence-electron chi connectivity index (χ0n) is 28.8. The quantitative estimate of drug-likeness (QED) is 0.183. The molecule has 0 aromatic rings. The van der Waals surface area contributed by atoms with Crippen molar-refractivity contribution < 1.29 is 212 Å². The topological polar surface area (TPSA) is 36.9 Å². The molecule has 69 heavy (non-hydrogen) atoms. The first-order valence-electron chi connectivity index (χ1n) is 13.9. The van der Waals surface area contributed by atoms with Crippen LogP contribution in [0.25, 0.3) is 0 Å². The van der Waals surface area contributed by atoms with Crippen molar-refractivity contribution in [3.05, 3.63) is 0 Å². The maximum Gasteiger partial charge on any atom is 0.436 e. The monoisotopic (exact) mass is 1150 g/mol. The highest BCUT2D eigenvalue weighted by Gasteiger charge is 3.04. The van der Waals surface area contributed by atoms with Gasteiger partial charge in [0.2, 0.25) is 0 Å². The average Bonchev–Trinajstić information content (AvgIpc) is 2.92. The van der Waals surface area contributed by atoms with Gasteiger partial charge in [0, 0.05) is 0 Å². The minimum absolute atomic E-state index is 0.138. The largest absolute Gasteiger partial charge is 0.436 e. The van der Waals surface area contributed by atoms with Crippen LogP contribution in [0.15, 0.2) is 0 Å². The van der Waals surface area contributed by atoms with Gasteiger partial charge in [0.1, 0.15) is 0 Å². The lowest BCUT2D eigenvalue weighted by molar-refractivity contribution is -0.638. The number of rotatable bonds is 12. The summed E-state index contributed by atoms with van der Waals surface area (Å²) in [6.07, 6.45) is -166. The van der Waals surface area contributed by atoms with Gasteiger partial charge < -0.3 is 0 Å². The Morgan fingerprint density at radius 3 is 0.261 bits per heavy atom. The lowest BCUT2D eigenvalue weighted by atomic mass is 9.79. The molecule has 0 N–H and O–H groups in total. The van der Waals surface area contributed by atoms with E-state index in [-0.39, 0.29) is 18.9 Å². The lowest BCUT2D eigenvalue weighted by Gasteiger charge is -2.55. The zero-order chi connectivity index (χ0) is 57.3. The van der Waals surface area contributed by atoms with E-state index in [2.05, 4.69) is 0 Å². The van der Waals surface area contributed by atoms with Crippen molar-refractivity contribution in [2.24, 2.45) is 5.41 Å². The summed E-state index contributed by atoms with van der Waals surface area (Å²) < 4.78 is 613. The van der Waals surface area contributed by atoms with Crippen LogP contribution in [-0.2, 0) is 18.9 Å². The Morgan fingerprint density at radius 2 is 0.203 bits per heavy atom. The van der Waals surface area contributed by atoms with E-state index >= 15 is 35.1 Å². The fraction of sp³-hybridized carbons (Fsp3) is 1.00. The molecule has 0 rings (SSSR count). The van der Waals surface area contributed by atoms with E-state index in [0.717, 1.165) is 0 Å². The molecule has 0 heterocycles. The van der Waals surface area contributed by atoms with Gasteiger partial charge >= 0.3 is 126 Å². The van der Waals surface area contributed by atoms with Crippen LogP contribution in [0.5, 0.6) is 0 Å². The summed E-state index contributed by atoms with van der Waals surface area (Å²) in [7, 11) is 0. The Bertz CT molecular complexity index is 1360. The molecule has 0 aliphatic carbocycles. The zero-order valence-corrected chi connectivity index (χ0v) is 28.8. The summed E-state index contributed by atoms with van der Waals surface area (Å²) in [5.41, 5.74) is -54.4. The van der Waals surface area contributed by atoms with Crippen LogP contribution in [0, 0.1) is 5.41 Å². The third-order valence-corrected chi connectivity index (χ3v) is 7.66. The van der Waals surface area contributed by atoms with Gasteiger partial charge in [-0.1, -0.05) is 0 Å². The molecule has 0 amide bonds. The molecule has 48 heteroatoms. The van der Waals surface area contributed by atoms with Crippen LogP contribution in [0.3, 0.4) is 0 Å². The Kier molecular flexibility index (Phi) is 15.6. The first kappa shape index (κ1) is 65.8. The first-order chi connectivity index (χ1) is 28.8. The normalized spacial score (nSPS) is 17.2. The van der Waals surface area contributed by atoms with Gasteiger partial charge in [0.15, 0.2) is 0 Å². The van der Waals surface area contributed by atoms with E-state index < -0.39 is 126 Å². The van der Waals surface area contributed by atoms with Gasteiger partial charge in [-0.25, -0.2) is 0 Å². The first-order valence-corrected chi connectivity index (χ1v) is 13.9. The lowest BCUT2D eigenvalue weighted by Crippen LogP contribution is -2.84. The second-order valence-electron chi connectivity index (χ2n) is 11.9. The average molecular weight is 1150 g/mol. The van der Waals surface area contributed by atoms with Crippen molar-refractivity contribution in [3.8, 4) is 0 Å². The predicted molar refractivity (Wildman–Crippen MR) is 110 cm³/mol. The van der Waals surface area contributed by atoms with Crippen molar-refractivity contribution in [3.63, 3.8) is 0 Å². The van der Waals surface area contributed by atoms with Gasteiger partial charge in [-0.3, -0.25) is 18.9 Å². The van der Waals surface area contributed by atoms with Gasteiger partial charge in [-0.2, -0.15) is 193 Å². The predicted octanol–water partition coefficient (Wildman–Crippen LogP) is 14.1. The standard InChI is InChI=1S/C21F44O4/c22-6(23,24)2(7(25,26)27,8(28,29)30)66-18(58,59)1(19(60,61)67-3(9(31,32)33,10(34,35)36)11(37,38)39,20(62,63)68-4(12(40,41)42,13(43,44)45)14(46,47)48)21(64,65)69-5(15(49,50)51,16(52,53)54)17(55,56)57. The molecule has 0 aromatic heterocycles. The smallest absolute Gasteiger partial charge is 0.286 e. The number of ether oxygens (including phenoxy) is 4. The second-order valence-corrected chi connectivity index (χ2v) is 11.9. The van der Waals surface area contributed by atoms with Crippen molar-refractivity contribution >= 4 is 0 Å². The molecule has 0 saturated heterocycles. The van der Waals surface area contributed by atoms with E-state index in [1.54, 1.807) is 0 Å². The van der Waals surface area contributed by atoms with E-state index in [9.17, 15) is 158 Å². The fourth-order valence-electron chi connectivity index (χ4n) is 4.71. The Morgan fingerprint density at radius 1 is 0.130 bits per heavy atom. The van der Waals surface area contributed by atoms with Crippen LogP contribution >= 0.6 is 0 Å². The summed E-state index contributed by atoms with van der Waals surface area (Å²) in [6, 6.07) is 0. The second kappa shape index (κ2) is 16.4. The van der Waals surface area contributed by atoms with E-state index in [4.69, 9.17) is 0 Å². The van der Waals surface area contributed by atoms with Crippen molar-refractivity contribution in [1.82, 2.24) is 0 Å². The molecule has 0 atom stereocenters. The molecule has 0 aliphatic heterocycles. The van der Waals surface area contributed by atoms with Gasteiger partial charge in [0.05, 0.1) is 0 Å². The summed E-state index contributed by atoms with van der Waals surface area (Å²) in [5.74, 6) is 0. The van der Waals surface area contributed by atoms with E-state index in [0.29, 0.717) is 0 Å². The highest BCUT2D eigenvalue weighted by atomic mass is 19.5. The van der Waals surface area contributed by atoms with Gasteiger partial charge in [-0.15, -0.1) is 0 Å². The summed E-state index contributed by atoms with van der Waals surface area (Å²) >= 11 is 0. The van der Waals surface area contributed by atoms with Crippen LogP contribution in [-0.4, -0.2) is 121 Å². The van der Waals surface area contributed by atoms with E-state index in [1.165, 1.54) is 0 Å². The molecule has 0 spiro atoms. The molecule has 0 aromatic carbocycles. The third kappa shape index (κ3) is 9.40. The number of hydrogen-bond acceptors (Lipinski definition) is 4. The van der Waals surface area contributed by atoms with Crippen molar-refractivity contribution in [2.75, 3.05) is 0 Å². The maximum absolute atomic E-state index is 15.8. The molecular weight excluding hydrogens is 1150 g/mol. The van der Waals surface area contributed by atoms with Crippen molar-refractivity contribution in [1.29, 1.82) is 0 Å². The maximum atomic E-state index is 15.8. The minimum Gasteiger partial charge on any atom is -0.286 e. The molecule has 0 radical (unpaired) electrons. The highest BCUT2D eigenvalue weighted by Crippen LogP contribution is 2.75. The summed E-state index contributed by atoms with van der Waals surface area (Å²) in [6.45, 7) is 0. The SMILES string of the molecule is FC(F)(F)C(OC(F)(F)C(C(F)(F)OC(C(F)(F)F)(C(F)(F)F)C(F)(F)F)(C(F)(F)OC(C(F)(F)F)(C(F)(F)F)C(F)(F)F)C(F)(F)OC(C(F)(F)F)(C(F)(F)F)C(F)(F)F)(C(F)(F)F)C(F)(F)F. The Hall–Kier alpha value is -3.24. The molecule has 0 unspecified atom stereocenters. The molecular formula is C21F44O4. The van der Waals surface area contributed by atoms with Crippen LogP contribution in [0.4, 0.5) is 193 Å². The number of halogens is 44. The third-order valence-electron chi connectivity index (χ3n) is 7.66. The van der Waals surface area contributed by atoms with Crippen LogP contribution in [0.2, 0.25) is 0 Å². The molecule has 416 valence electrons. The molecule has 4 nitrogen and oxygen atoms in total. The number of hydrogen-bond donors (Lipinski definition) is 0. The van der Waals surface area contributed by atoms with E-state index in [1.807, 2.05) is 0 Å². The number of alkyl halides is 44. The Labute approximate surface area is 340 Å².